The number of thiophene rings is 1. The zero-order valence-corrected chi connectivity index (χ0v) is 30.4. The van der Waals surface area contributed by atoms with Gasteiger partial charge in [-0.2, -0.15) is 0 Å². The van der Waals surface area contributed by atoms with Gasteiger partial charge in [-0.05, 0) is 85.5 Å². The van der Waals surface area contributed by atoms with Crippen molar-refractivity contribution >= 4 is 34.7 Å². The van der Waals surface area contributed by atoms with Gasteiger partial charge in [0.2, 0.25) is 5.91 Å². The molecule has 2 aliphatic carbocycles. The molecule has 0 radical (unpaired) electrons. The fourth-order valence-corrected chi connectivity index (χ4v) is 8.21. The van der Waals surface area contributed by atoms with Crippen LogP contribution in [0.4, 0.5) is 0 Å². The second-order valence-corrected chi connectivity index (χ2v) is 16.1. The van der Waals surface area contributed by atoms with Crippen molar-refractivity contribution in [3.63, 3.8) is 0 Å². The van der Waals surface area contributed by atoms with Gasteiger partial charge >= 0.3 is 5.97 Å². The number of hydrogen-bond donors (Lipinski definition) is 3. The third-order valence-corrected chi connectivity index (χ3v) is 11.8. The molecule has 262 valence electrons. The molecule has 1 fully saturated rings. The van der Waals surface area contributed by atoms with E-state index in [4.69, 9.17) is 9.97 Å². The van der Waals surface area contributed by atoms with Gasteiger partial charge in [0.05, 0.1) is 4.88 Å². The molecule has 0 bridgehead atoms. The Bertz CT molecular complexity index is 1610. The molecule has 8 nitrogen and oxygen atoms in total. The van der Waals surface area contributed by atoms with Crippen molar-refractivity contribution < 1.29 is 19.5 Å². The molecular weight excluding hydrogens is 633 g/mol. The summed E-state index contributed by atoms with van der Waals surface area (Å²) < 4.78 is 0. The number of amides is 2. The van der Waals surface area contributed by atoms with Gasteiger partial charge in [0.25, 0.3) is 5.91 Å². The van der Waals surface area contributed by atoms with Crippen LogP contribution in [-0.2, 0) is 21.4 Å². The lowest BCUT2D eigenvalue weighted by molar-refractivity contribution is -0.141. The van der Waals surface area contributed by atoms with Crippen molar-refractivity contribution in [2.75, 3.05) is 0 Å². The zero-order chi connectivity index (χ0) is 35.1. The normalized spacial score (nSPS) is 20.9. The number of carboxylic acids is 1. The minimum absolute atomic E-state index is 0.105. The number of nitrogens with one attached hydrogen (secondary N) is 2. The lowest BCUT2D eigenvalue weighted by atomic mass is 9.70. The van der Waals surface area contributed by atoms with Crippen molar-refractivity contribution in [1.82, 2.24) is 20.6 Å². The maximum absolute atomic E-state index is 13.2. The number of carboxylic acid groups (broad SMARTS) is 1. The maximum Gasteiger partial charge on any atom is 0.325 e. The van der Waals surface area contributed by atoms with E-state index >= 15 is 0 Å². The molecule has 49 heavy (non-hydrogen) atoms. The van der Waals surface area contributed by atoms with Crippen molar-refractivity contribution in [2.24, 2.45) is 17.8 Å². The van der Waals surface area contributed by atoms with E-state index in [1.807, 2.05) is 42.7 Å². The third-order valence-electron chi connectivity index (χ3n) is 10.3. The van der Waals surface area contributed by atoms with Crippen LogP contribution in [0, 0.1) is 17.8 Å². The number of rotatable bonds is 12. The smallest absolute Gasteiger partial charge is 0.325 e. The second-order valence-electron chi connectivity index (χ2n) is 15.0. The van der Waals surface area contributed by atoms with Gasteiger partial charge in [0.15, 0.2) is 5.82 Å². The standard InChI is InChI=1S/C40H52N4O4S/c1-6-7-26-8-12-28(13-9-26)29-16-18-30(19-17-29)32-23-41-36(42-24-32)31-14-10-27(11-15-31)22-33(37(45)43-25(2)39(47)48)44-38(46)34-20-21-35(49-34)40(3,4)5/h10-11,14-15,18,20-21,23-26,28-29,33H,6-9,12-13,16-17,19,22H2,1-5H3,(H,43,45)(H,44,46)(H,47,48)/t25-,26?,28?,29?,33+/m1/s1. The van der Waals surface area contributed by atoms with Crippen LogP contribution in [0.3, 0.4) is 0 Å². The predicted octanol–water partition coefficient (Wildman–Crippen LogP) is 8.22. The van der Waals surface area contributed by atoms with Gasteiger partial charge in [-0.1, -0.05) is 83.7 Å². The molecule has 0 spiro atoms. The van der Waals surface area contributed by atoms with E-state index in [9.17, 15) is 19.5 Å². The Morgan fingerprint density at radius 2 is 1.61 bits per heavy atom. The lowest BCUT2D eigenvalue weighted by Gasteiger charge is -2.35. The summed E-state index contributed by atoms with van der Waals surface area (Å²) in [6, 6.07) is 9.24. The van der Waals surface area contributed by atoms with Crippen LogP contribution in [0.2, 0.25) is 0 Å². The number of nitrogens with zero attached hydrogens (tertiary/aromatic N) is 2. The van der Waals surface area contributed by atoms with Gasteiger partial charge < -0.3 is 15.7 Å². The average molecular weight is 685 g/mol. The van der Waals surface area contributed by atoms with Crippen molar-refractivity contribution in [3.05, 3.63) is 75.7 Å². The fraction of sp³-hybridized carbons (Fsp3) is 0.525. The number of hydrogen-bond acceptors (Lipinski definition) is 6. The second kappa shape index (κ2) is 16.2. The summed E-state index contributed by atoms with van der Waals surface area (Å²) in [5, 5.41) is 14.7. The first-order valence-electron chi connectivity index (χ1n) is 18.0. The van der Waals surface area contributed by atoms with E-state index in [0.29, 0.717) is 10.7 Å². The van der Waals surface area contributed by atoms with Crippen molar-refractivity contribution in [2.45, 2.75) is 116 Å². The first-order valence-corrected chi connectivity index (χ1v) is 18.8. The zero-order valence-electron chi connectivity index (χ0n) is 29.6. The monoisotopic (exact) mass is 684 g/mol. The SMILES string of the molecule is CCCC1CCC(C2CC=C(c3cnc(-c4ccc(C[C@H](NC(=O)c5ccc(C(C)(C)C)s5)C(=O)N[C@H](C)C(=O)O)cc4)nc3)CC2)CC1. The summed E-state index contributed by atoms with van der Waals surface area (Å²) >= 11 is 1.39. The minimum Gasteiger partial charge on any atom is -0.480 e. The molecule has 1 aromatic carbocycles. The van der Waals surface area contributed by atoms with Crippen molar-refractivity contribution in [3.8, 4) is 11.4 Å². The van der Waals surface area contributed by atoms with Crippen LogP contribution in [0.25, 0.3) is 17.0 Å². The third kappa shape index (κ3) is 9.65. The highest BCUT2D eigenvalue weighted by molar-refractivity contribution is 7.14. The van der Waals surface area contributed by atoms with E-state index < -0.39 is 24.0 Å². The first kappa shape index (κ1) is 36.4. The predicted molar refractivity (Wildman–Crippen MR) is 196 cm³/mol. The number of allylic oxidation sites excluding steroid dienone is 2. The molecule has 1 unspecified atom stereocenters. The van der Waals surface area contributed by atoms with Gasteiger partial charge in [-0.15, -0.1) is 11.3 Å². The Labute approximate surface area is 295 Å². The van der Waals surface area contributed by atoms with E-state index in [1.165, 1.54) is 68.8 Å². The van der Waals surface area contributed by atoms with E-state index in [-0.39, 0.29) is 17.7 Å². The van der Waals surface area contributed by atoms with Gasteiger partial charge in [-0.25, -0.2) is 9.97 Å². The van der Waals surface area contributed by atoms with Gasteiger partial charge in [0.1, 0.15) is 12.1 Å². The highest BCUT2D eigenvalue weighted by Crippen LogP contribution is 2.42. The first-order chi connectivity index (χ1) is 23.4. The molecule has 2 aromatic heterocycles. The van der Waals surface area contributed by atoms with Crippen LogP contribution in [-0.4, -0.2) is 44.9 Å². The summed E-state index contributed by atoms with van der Waals surface area (Å²) in [5.41, 5.74) is 3.99. The molecule has 2 aliphatic rings. The molecule has 1 saturated carbocycles. The van der Waals surface area contributed by atoms with E-state index in [2.05, 4.69) is 44.4 Å². The van der Waals surface area contributed by atoms with Gasteiger partial charge in [-0.3, -0.25) is 14.4 Å². The largest absolute Gasteiger partial charge is 0.480 e. The summed E-state index contributed by atoms with van der Waals surface area (Å²) in [7, 11) is 0. The minimum atomic E-state index is -1.15. The number of carbonyl (C=O) groups is 3. The molecular formula is C40H52N4O4S. The topological polar surface area (TPSA) is 121 Å². The van der Waals surface area contributed by atoms with Crippen LogP contribution >= 0.6 is 11.3 Å². The fourth-order valence-electron chi connectivity index (χ4n) is 7.25. The van der Waals surface area contributed by atoms with Gasteiger partial charge in [0, 0.05) is 34.8 Å². The average Bonchev–Trinajstić information content (AvgIpc) is 3.61. The molecule has 3 N–H and O–H groups in total. The van der Waals surface area contributed by atoms with E-state index in [1.54, 1.807) is 6.07 Å². The highest BCUT2D eigenvalue weighted by Gasteiger charge is 2.29. The highest BCUT2D eigenvalue weighted by atomic mass is 32.1. The molecule has 2 amide bonds. The Balaban J connectivity index is 1.21. The summed E-state index contributed by atoms with van der Waals surface area (Å²) in [6.45, 7) is 9.94. The van der Waals surface area contributed by atoms with E-state index in [0.717, 1.165) is 52.2 Å². The Kier molecular flexibility index (Phi) is 12.1. The molecule has 2 heterocycles. The molecule has 3 atom stereocenters. The molecule has 9 heteroatoms. The number of aliphatic carboxylic acids is 1. The summed E-state index contributed by atoms with van der Waals surface area (Å²) in [4.78, 5) is 48.7. The van der Waals surface area contributed by atoms with Crippen LogP contribution in [0.1, 0.15) is 118 Å². The molecule has 5 rings (SSSR count). The molecule has 0 aliphatic heterocycles. The van der Waals surface area contributed by atoms with Crippen LogP contribution in [0.15, 0.2) is 54.9 Å². The van der Waals surface area contributed by atoms with Crippen LogP contribution in [0.5, 0.6) is 0 Å². The molecule has 0 saturated heterocycles. The van der Waals surface area contributed by atoms with Crippen molar-refractivity contribution in [1.29, 1.82) is 0 Å². The number of benzene rings is 1. The quantitative estimate of drug-likeness (QED) is 0.177. The Hall–Kier alpha value is -3.85. The lowest BCUT2D eigenvalue weighted by Crippen LogP contribution is -2.51. The maximum atomic E-state index is 13.2. The Morgan fingerprint density at radius 3 is 2.18 bits per heavy atom. The number of aromatic nitrogens is 2. The summed E-state index contributed by atoms with van der Waals surface area (Å²) in [5.74, 6) is 1.19. The summed E-state index contributed by atoms with van der Waals surface area (Å²) in [6.07, 6.45) is 18.3. The Morgan fingerprint density at radius 1 is 0.918 bits per heavy atom. The van der Waals surface area contributed by atoms with Crippen LogP contribution < -0.4 is 10.6 Å². The number of carbonyl (C=O) groups excluding carboxylic acids is 2. The molecule has 3 aromatic rings.